The fraction of sp³-hybridized carbons (Fsp3) is 0.643. The quantitative estimate of drug-likeness (QED) is 0.905. The van der Waals surface area contributed by atoms with Gasteiger partial charge in [-0.2, -0.15) is 0 Å². The zero-order chi connectivity index (χ0) is 14.9. The van der Waals surface area contributed by atoms with Gasteiger partial charge < -0.3 is 4.90 Å². The molecule has 0 aromatic carbocycles. The van der Waals surface area contributed by atoms with Crippen LogP contribution in [0.4, 0.5) is 0 Å². The number of rotatable bonds is 5. The van der Waals surface area contributed by atoms with Gasteiger partial charge in [-0.15, -0.1) is 11.3 Å². The Morgan fingerprint density at radius 1 is 1.60 bits per heavy atom. The highest BCUT2D eigenvalue weighted by Gasteiger charge is 2.49. The van der Waals surface area contributed by atoms with Crippen LogP contribution in [-0.2, 0) is 15.6 Å². The average Bonchev–Trinajstić information content (AvgIpc) is 2.97. The van der Waals surface area contributed by atoms with Crippen molar-refractivity contribution in [1.82, 2.24) is 10.2 Å². The normalized spacial score (nSPS) is 29.7. The van der Waals surface area contributed by atoms with Gasteiger partial charge in [-0.3, -0.25) is 14.3 Å². The van der Waals surface area contributed by atoms with E-state index in [9.17, 15) is 9.00 Å². The highest BCUT2D eigenvalue weighted by molar-refractivity contribution is 7.84. The van der Waals surface area contributed by atoms with Crippen LogP contribution in [0.1, 0.15) is 38.2 Å². The molecule has 1 saturated heterocycles. The molecule has 0 saturated carbocycles. The van der Waals surface area contributed by atoms with E-state index in [1.807, 2.05) is 43.2 Å². The second-order valence-corrected chi connectivity index (χ2v) is 8.01. The molecule has 1 amide bonds. The van der Waals surface area contributed by atoms with Crippen molar-refractivity contribution in [3.05, 3.63) is 22.4 Å². The van der Waals surface area contributed by atoms with E-state index in [-0.39, 0.29) is 18.1 Å². The minimum Gasteiger partial charge on any atom is -0.317 e. The second-order valence-electron chi connectivity index (χ2n) is 5.55. The van der Waals surface area contributed by atoms with Crippen molar-refractivity contribution < 1.29 is 9.00 Å². The molecule has 1 aromatic rings. The predicted molar refractivity (Wildman–Crippen MR) is 84.1 cm³/mol. The minimum atomic E-state index is -0.913. The van der Waals surface area contributed by atoms with E-state index < -0.39 is 16.3 Å². The van der Waals surface area contributed by atoms with Gasteiger partial charge in [0, 0.05) is 33.7 Å². The van der Waals surface area contributed by atoms with Gasteiger partial charge in [-0.1, -0.05) is 13.0 Å². The summed E-state index contributed by atoms with van der Waals surface area (Å²) in [5, 5.41) is 5.48. The zero-order valence-corrected chi connectivity index (χ0v) is 14.0. The van der Waals surface area contributed by atoms with E-state index in [0.717, 1.165) is 11.3 Å². The van der Waals surface area contributed by atoms with Crippen LogP contribution in [0, 0.1) is 0 Å². The molecular weight excluding hydrogens is 292 g/mol. The van der Waals surface area contributed by atoms with Gasteiger partial charge >= 0.3 is 0 Å². The highest BCUT2D eigenvalue weighted by Crippen LogP contribution is 2.36. The Morgan fingerprint density at radius 2 is 2.30 bits per heavy atom. The summed E-state index contributed by atoms with van der Waals surface area (Å²) in [4.78, 5) is 15.8. The van der Waals surface area contributed by atoms with E-state index in [0.29, 0.717) is 5.75 Å². The molecule has 112 valence electrons. The summed E-state index contributed by atoms with van der Waals surface area (Å²) >= 11 is 1.64. The average molecular weight is 314 g/mol. The topological polar surface area (TPSA) is 49.4 Å². The van der Waals surface area contributed by atoms with Gasteiger partial charge in [0.05, 0.1) is 5.54 Å². The molecule has 2 rings (SSSR count). The number of nitrogens with zero attached hydrogens (tertiary/aromatic N) is 1. The molecule has 1 N–H and O–H groups in total. The Balaban J connectivity index is 2.33. The van der Waals surface area contributed by atoms with Crippen LogP contribution < -0.4 is 5.32 Å². The maximum atomic E-state index is 12.8. The lowest BCUT2D eigenvalue weighted by atomic mass is 9.99. The molecular formula is C14H22N2O2S2. The Bertz CT molecular complexity index is 503. The van der Waals surface area contributed by atoms with Crippen LogP contribution in [-0.4, -0.2) is 38.6 Å². The molecule has 0 aliphatic carbocycles. The van der Waals surface area contributed by atoms with Gasteiger partial charge in [0.2, 0.25) is 5.91 Å². The molecule has 0 spiro atoms. The van der Waals surface area contributed by atoms with Crippen LogP contribution in [0.2, 0.25) is 0 Å². The fourth-order valence-corrected chi connectivity index (χ4v) is 4.23. The van der Waals surface area contributed by atoms with Crippen LogP contribution in [0.25, 0.3) is 0 Å². The first-order valence-corrected chi connectivity index (χ1v) is 9.43. The molecule has 1 aliphatic rings. The molecule has 4 atom stereocenters. The first-order chi connectivity index (χ1) is 9.39. The van der Waals surface area contributed by atoms with Crippen molar-refractivity contribution in [2.75, 3.05) is 12.0 Å². The summed E-state index contributed by atoms with van der Waals surface area (Å²) < 4.78 is 11.5. The van der Waals surface area contributed by atoms with Gasteiger partial charge in [0.1, 0.15) is 6.17 Å². The predicted octanol–water partition coefficient (Wildman–Crippen LogP) is 2.11. The number of hydrogen-bond donors (Lipinski definition) is 1. The third-order valence-corrected chi connectivity index (χ3v) is 5.79. The van der Waals surface area contributed by atoms with Crippen LogP contribution in [0.3, 0.4) is 0 Å². The van der Waals surface area contributed by atoms with E-state index in [1.165, 1.54) is 0 Å². The smallest absolute Gasteiger partial charge is 0.244 e. The summed E-state index contributed by atoms with van der Waals surface area (Å²) in [6.07, 6.45) is 2.32. The van der Waals surface area contributed by atoms with Gasteiger partial charge in [-0.25, -0.2) is 0 Å². The third kappa shape index (κ3) is 2.82. The third-order valence-electron chi connectivity index (χ3n) is 3.91. The maximum absolute atomic E-state index is 12.8. The monoisotopic (exact) mass is 314 g/mol. The number of hydrogen-bond acceptors (Lipinski definition) is 4. The molecule has 1 aromatic heterocycles. The summed E-state index contributed by atoms with van der Waals surface area (Å²) in [6.45, 7) is 5.94. The molecule has 4 nitrogen and oxygen atoms in total. The van der Waals surface area contributed by atoms with Crippen molar-refractivity contribution in [2.45, 2.75) is 44.9 Å². The summed E-state index contributed by atoms with van der Waals surface area (Å²) in [6, 6.07) is 4.00. The molecule has 6 heteroatoms. The largest absolute Gasteiger partial charge is 0.317 e. The Hall–Kier alpha value is -0.720. The zero-order valence-electron chi connectivity index (χ0n) is 12.4. The minimum absolute atomic E-state index is 0.0405. The summed E-state index contributed by atoms with van der Waals surface area (Å²) in [7, 11) is -0.913. The standard InChI is InChI=1S/C14H22N2O2S2/c1-5-14(3)13(17)16(10(2)9-20(4)18)12(15-14)11-7-6-8-19-11/h6-8,10,12,15H,5,9H2,1-4H3. The van der Waals surface area contributed by atoms with E-state index in [1.54, 1.807) is 17.6 Å². The Morgan fingerprint density at radius 3 is 2.80 bits per heavy atom. The van der Waals surface area contributed by atoms with Gasteiger partial charge in [-0.05, 0) is 31.7 Å². The molecule has 2 heterocycles. The summed E-state index contributed by atoms with van der Waals surface area (Å²) in [5.74, 6) is 0.617. The molecule has 4 unspecified atom stereocenters. The van der Waals surface area contributed by atoms with Crippen molar-refractivity contribution in [3.63, 3.8) is 0 Å². The van der Waals surface area contributed by atoms with Crippen molar-refractivity contribution >= 4 is 28.0 Å². The lowest BCUT2D eigenvalue weighted by molar-refractivity contribution is -0.134. The Kier molecular flexibility index (Phi) is 4.66. The van der Waals surface area contributed by atoms with Crippen LogP contribution in [0.5, 0.6) is 0 Å². The Labute approximate surface area is 127 Å². The first-order valence-electron chi connectivity index (χ1n) is 6.83. The van der Waals surface area contributed by atoms with Crippen LogP contribution >= 0.6 is 11.3 Å². The van der Waals surface area contributed by atoms with Crippen molar-refractivity contribution in [2.24, 2.45) is 0 Å². The number of carbonyl (C=O) groups is 1. The molecule has 20 heavy (non-hydrogen) atoms. The van der Waals surface area contributed by atoms with Crippen molar-refractivity contribution in [3.8, 4) is 0 Å². The molecule has 1 fully saturated rings. The highest BCUT2D eigenvalue weighted by atomic mass is 32.2. The molecule has 1 aliphatic heterocycles. The number of nitrogens with one attached hydrogen (secondary N) is 1. The van der Waals surface area contributed by atoms with E-state index in [4.69, 9.17) is 0 Å². The van der Waals surface area contributed by atoms with Gasteiger partial charge in [0.15, 0.2) is 0 Å². The van der Waals surface area contributed by atoms with E-state index in [2.05, 4.69) is 5.32 Å². The fourth-order valence-electron chi connectivity index (χ4n) is 2.62. The van der Waals surface area contributed by atoms with Gasteiger partial charge in [0.25, 0.3) is 0 Å². The molecule has 0 radical (unpaired) electrons. The summed E-state index contributed by atoms with van der Waals surface area (Å²) in [5.41, 5.74) is -0.530. The van der Waals surface area contributed by atoms with E-state index >= 15 is 0 Å². The van der Waals surface area contributed by atoms with Crippen molar-refractivity contribution in [1.29, 1.82) is 0 Å². The SMILES string of the molecule is CCC1(C)NC(c2cccs2)N(C(C)CS(C)=O)C1=O. The maximum Gasteiger partial charge on any atom is 0.244 e. The second kappa shape index (κ2) is 5.95. The number of thiophene rings is 1. The lowest BCUT2D eigenvalue weighted by Crippen LogP contribution is -2.45. The van der Waals surface area contributed by atoms with Crippen LogP contribution in [0.15, 0.2) is 17.5 Å². The number of amides is 1. The number of carbonyl (C=O) groups excluding carboxylic acids is 1. The lowest BCUT2D eigenvalue weighted by Gasteiger charge is -2.29. The molecule has 0 bridgehead atoms. The first kappa shape index (κ1) is 15.7.